The van der Waals surface area contributed by atoms with Crippen molar-refractivity contribution in [1.82, 2.24) is 9.55 Å². The summed E-state index contributed by atoms with van der Waals surface area (Å²) in [6, 6.07) is 9.24. The number of nitrogens with one attached hydrogen (secondary N) is 1. The minimum atomic E-state index is -4.20. The van der Waals surface area contributed by atoms with Gasteiger partial charge in [-0.15, -0.1) is 0 Å². The maximum Gasteiger partial charge on any atom is 0.304 e. The summed E-state index contributed by atoms with van der Waals surface area (Å²) in [5, 5.41) is 0. The van der Waals surface area contributed by atoms with E-state index in [9.17, 15) is 8.42 Å². The highest BCUT2D eigenvalue weighted by atomic mass is 32.2. The molecule has 3 aromatic rings. The quantitative estimate of drug-likeness (QED) is 0.551. The van der Waals surface area contributed by atoms with Crippen molar-refractivity contribution in [1.29, 1.82) is 0 Å². The van der Waals surface area contributed by atoms with Crippen molar-refractivity contribution in [3.05, 3.63) is 36.5 Å². The first-order valence-electron chi connectivity index (χ1n) is 5.99. The van der Waals surface area contributed by atoms with Gasteiger partial charge in [0.15, 0.2) is 11.0 Å². The lowest BCUT2D eigenvalue weighted by Crippen LogP contribution is -2.29. The second-order valence-corrected chi connectivity index (χ2v) is 6.12. The fraction of sp³-hybridized carbons (Fsp3) is 0.154. The number of nitrogens with zero attached hydrogens (tertiary/aromatic N) is 2. The highest BCUT2D eigenvalue weighted by molar-refractivity contribution is 7.85. The summed E-state index contributed by atoms with van der Waals surface area (Å²) in [7, 11) is -0.571. The number of aromatic nitrogens is 3. The molecule has 2 N–H and O–H groups in total. The SMILES string of the molecule is Cn1cc(S(=O)(=O)O)cc1-c1[nH]c2ccccc2[n+]1C. The Kier molecular flexibility index (Phi) is 2.70. The van der Waals surface area contributed by atoms with Crippen LogP contribution in [0, 0.1) is 0 Å². The molecule has 0 amide bonds. The summed E-state index contributed by atoms with van der Waals surface area (Å²) in [4.78, 5) is 3.13. The third-order valence-electron chi connectivity index (χ3n) is 3.37. The van der Waals surface area contributed by atoms with E-state index in [2.05, 4.69) is 4.98 Å². The molecule has 0 radical (unpaired) electrons. The molecule has 0 aliphatic rings. The third kappa shape index (κ3) is 1.91. The van der Waals surface area contributed by atoms with Gasteiger partial charge in [-0.05, 0) is 18.2 Å². The summed E-state index contributed by atoms with van der Waals surface area (Å²) in [6.45, 7) is 0. The average molecular weight is 292 g/mol. The van der Waals surface area contributed by atoms with Gasteiger partial charge in [0.25, 0.3) is 10.1 Å². The first-order valence-corrected chi connectivity index (χ1v) is 7.43. The van der Waals surface area contributed by atoms with Crippen molar-refractivity contribution in [3.8, 4) is 11.5 Å². The largest absolute Gasteiger partial charge is 0.343 e. The van der Waals surface area contributed by atoms with Crippen molar-refractivity contribution in [2.75, 3.05) is 0 Å². The van der Waals surface area contributed by atoms with Crippen LogP contribution in [0.25, 0.3) is 22.6 Å². The second-order valence-electron chi connectivity index (χ2n) is 4.70. The van der Waals surface area contributed by atoms with E-state index in [1.165, 1.54) is 12.3 Å². The molecule has 0 unspecified atom stereocenters. The maximum atomic E-state index is 11.2. The minimum absolute atomic E-state index is 0.117. The normalized spacial score (nSPS) is 12.2. The van der Waals surface area contributed by atoms with Crippen molar-refractivity contribution >= 4 is 21.2 Å². The standard InChI is InChI=1S/C13H13N3O3S/c1-15-8-9(20(17,18)19)7-12(15)13-14-10-5-3-4-6-11(10)16(13)2/h3-8H,1-2H3,(H,17,18,19)/p+1. The van der Waals surface area contributed by atoms with E-state index in [1.807, 2.05) is 35.9 Å². The molecule has 0 bridgehead atoms. The molecule has 0 saturated carbocycles. The van der Waals surface area contributed by atoms with Crippen LogP contribution in [-0.4, -0.2) is 22.5 Å². The van der Waals surface area contributed by atoms with Crippen molar-refractivity contribution in [3.63, 3.8) is 0 Å². The molecule has 7 heteroatoms. The Balaban J connectivity index is 2.26. The fourth-order valence-corrected chi connectivity index (χ4v) is 2.90. The average Bonchev–Trinajstić information content (AvgIpc) is 2.91. The molecular weight excluding hydrogens is 278 g/mol. The summed E-state index contributed by atoms with van der Waals surface area (Å²) >= 11 is 0. The van der Waals surface area contributed by atoms with Crippen LogP contribution in [0.5, 0.6) is 0 Å². The van der Waals surface area contributed by atoms with Crippen molar-refractivity contribution in [2.24, 2.45) is 14.1 Å². The fourth-order valence-electron chi connectivity index (χ4n) is 2.35. The molecule has 0 aliphatic carbocycles. The van der Waals surface area contributed by atoms with Crippen LogP contribution in [0.3, 0.4) is 0 Å². The number of para-hydroxylation sites is 2. The molecular formula is C13H14N3O3S+. The summed E-state index contributed by atoms with van der Waals surface area (Å²) < 4.78 is 35.2. The monoisotopic (exact) mass is 292 g/mol. The molecule has 2 aromatic heterocycles. The van der Waals surface area contributed by atoms with E-state index in [4.69, 9.17) is 4.55 Å². The number of rotatable bonds is 2. The van der Waals surface area contributed by atoms with E-state index in [0.29, 0.717) is 5.69 Å². The van der Waals surface area contributed by atoms with Gasteiger partial charge in [-0.1, -0.05) is 12.1 Å². The second kappa shape index (κ2) is 4.19. The van der Waals surface area contributed by atoms with Gasteiger partial charge in [-0.25, -0.2) is 9.55 Å². The molecule has 1 aromatic carbocycles. The van der Waals surface area contributed by atoms with Crippen LogP contribution < -0.4 is 4.57 Å². The first kappa shape index (κ1) is 12.9. The summed E-state index contributed by atoms with van der Waals surface area (Å²) in [5.74, 6) is 0.767. The Bertz CT molecular complexity index is 906. The Hall–Kier alpha value is -2.12. The lowest BCUT2D eigenvalue weighted by atomic mass is 10.3. The van der Waals surface area contributed by atoms with Gasteiger partial charge in [0, 0.05) is 13.2 Å². The van der Waals surface area contributed by atoms with E-state index >= 15 is 0 Å². The van der Waals surface area contributed by atoms with Crippen molar-refractivity contribution in [2.45, 2.75) is 4.90 Å². The molecule has 6 nitrogen and oxygen atoms in total. The number of aromatic amines is 1. The van der Waals surface area contributed by atoms with Gasteiger partial charge in [0.1, 0.15) is 10.6 Å². The number of H-pyrrole nitrogens is 1. The van der Waals surface area contributed by atoms with E-state index in [-0.39, 0.29) is 4.90 Å². The van der Waals surface area contributed by atoms with Gasteiger partial charge in [-0.2, -0.15) is 8.42 Å². The predicted molar refractivity (Wildman–Crippen MR) is 73.7 cm³/mol. The number of hydrogen-bond acceptors (Lipinski definition) is 2. The number of benzene rings is 1. The lowest BCUT2D eigenvalue weighted by Gasteiger charge is -1.96. The zero-order chi connectivity index (χ0) is 14.5. The Morgan fingerprint density at radius 2 is 2.00 bits per heavy atom. The maximum absolute atomic E-state index is 11.2. The topological polar surface area (TPSA) is 79.0 Å². The van der Waals surface area contributed by atoms with Gasteiger partial charge in [0.05, 0.1) is 7.05 Å². The third-order valence-corrected chi connectivity index (χ3v) is 4.19. The zero-order valence-electron chi connectivity index (χ0n) is 11.0. The van der Waals surface area contributed by atoms with Crippen LogP contribution in [0.15, 0.2) is 41.4 Å². The predicted octanol–water partition coefficient (Wildman–Crippen LogP) is 1.24. The molecule has 104 valence electrons. The molecule has 2 heterocycles. The Labute approximate surface area is 116 Å². The number of imidazole rings is 1. The van der Waals surface area contributed by atoms with E-state index in [1.54, 1.807) is 11.6 Å². The zero-order valence-corrected chi connectivity index (χ0v) is 11.8. The van der Waals surface area contributed by atoms with Gasteiger partial charge in [0.2, 0.25) is 0 Å². The van der Waals surface area contributed by atoms with E-state index in [0.717, 1.165) is 16.9 Å². The molecule has 0 fully saturated rings. The first-order chi connectivity index (χ1) is 9.38. The number of fused-ring (bicyclic) bond motifs is 1. The van der Waals surface area contributed by atoms with Gasteiger partial charge < -0.3 is 4.57 Å². The lowest BCUT2D eigenvalue weighted by molar-refractivity contribution is -0.633. The van der Waals surface area contributed by atoms with Gasteiger partial charge in [-0.3, -0.25) is 4.55 Å². The minimum Gasteiger partial charge on any atom is -0.343 e. The molecule has 0 saturated heterocycles. The number of hydrogen-bond donors (Lipinski definition) is 2. The Morgan fingerprint density at radius 1 is 1.30 bits per heavy atom. The molecule has 0 aliphatic heterocycles. The number of aryl methyl sites for hydroxylation is 2. The highest BCUT2D eigenvalue weighted by Gasteiger charge is 2.23. The smallest absolute Gasteiger partial charge is 0.304 e. The van der Waals surface area contributed by atoms with E-state index < -0.39 is 10.1 Å². The summed E-state index contributed by atoms with van der Waals surface area (Å²) in [5.41, 5.74) is 2.65. The molecule has 0 atom stereocenters. The molecule has 0 spiro atoms. The highest BCUT2D eigenvalue weighted by Crippen LogP contribution is 2.22. The molecule has 20 heavy (non-hydrogen) atoms. The van der Waals surface area contributed by atoms with Crippen LogP contribution in [0.4, 0.5) is 0 Å². The van der Waals surface area contributed by atoms with Crippen LogP contribution >= 0.6 is 0 Å². The van der Waals surface area contributed by atoms with Crippen LogP contribution in [-0.2, 0) is 24.2 Å². The molecule has 3 rings (SSSR count). The summed E-state index contributed by atoms with van der Waals surface area (Å²) in [6.07, 6.45) is 1.39. The van der Waals surface area contributed by atoms with Gasteiger partial charge >= 0.3 is 5.82 Å². The van der Waals surface area contributed by atoms with Crippen molar-refractivity contribution < 1.29 is 17.5 Å². The van der Waals surface area contributed by atoms with Crippen LogP contribution in [0.2, 0.25) is 0 Å². The Morgan fingerprint density at radius 3 is 2.60 bits per heavy atom. The van der Waals surface area contributed by atoms with Crippen LogP contribution in [0.1, 0.15) is 0 Å².